The monoisotopic (exact) mass is 410 g/mol. The number of nitrogens with one attached hydrogen (secondary N) is 2. The van der Waals surface area contributed by atoms with Crippen molar-refractivity contribution >= 4 is 35.6 Å². The van der Waals surface area contributed by atoms with Crippen LogP contribution in [0.25, 0.3) is 0 Å². The van der Waals surface area contributed by atoms with Gasteiger partial charge in [0.1, 0.15) is 5.01 Å². The molecule has 0 aliphatic heterocycles. The highest BCUT2D eigenvalue weighted by Gasteiger charge is 2.33. The number of nitrogens with zero attached hydrogens (tertiary/aromatic N) is 1. The predicted molar refractivity (Wildman–Crippen MR) is 111 cm³/mol. The summed E-state index contributed by atoms with van der Waals surface area (Å²) in [7, 11) is 0. The van der Waals surface area contributed by atoms with E-state index < -0.39 is 5.41 Å². The van der Waals surface area contributed by atoms with Gasteiger partial charge in [-0.15, -0.1) is 23.7 Å². The zero-order chi connectivity index (χ0) is 19.0. The Morgan fingerprint density at radius 1 is 1.11 bits per heavy atom. The Balaban J connectivity index is 0.00000364. The van der Waals surface area contributed by atoms with Gasteiger partial charge in [-0.1, -0.05) is 32.0 Å². The number of carbonyl (C=O) groups excluding carboxylic acids is 2. The normalized spacial score (nSPS) is 10.8. The lowest BCUT2D eigenvalue weighted by molar-refractivity contribution is -0.131. The third-order valence-corrected chi connectivity index (χ3v) is 5.59. The van der Waals surface area contributed by atoms with Crippen LogP contribution in [0.5, 0.6) is 0 Å². The summed E-state index contributed by atoms with van der Waals surface area (Å²) in [5.41, 5.74) is 6.69. The molecule has 4 N–H and O–H groups in total. The fourth-order valence-electron chi connectivity index (χ4n) is 2.67. The molecule has 0 aliphatic rings. The van der Waals surface area contributed by atoms with Crippen LogP contribution in [0.1, 0.15) is 47.7 Å². The van der Waals surface area contributed by atoms with E-state index in [4.69, 9.17) is 5.73 Å². The van der Waals surface area contributed by atoms with Crippen LogP contribution in [0.4, 0.5) is 0 Å². The number of rotatable bonds is 9. The van der Waals surface area contributed by atoms with Crippen molar-refractivity contribution in [3.63, 3.8) is 0 Å². The van der Waals surface area contributed by atoms with Gasteiger partial charge in [0.25, 0.3) is 5.91 Å². The van der Waals surface area contributed by atoms with Gasteiger partial charge in [0, 0.05) is 17.5 Å². The lowest BCUT2D eigenvalue weighted by Gasteiger charge is -2.28. The molecule has 148 valence electrons. The van der Waals surface area contributed by atoms with E-state index in [-0.39, 0.29) is 24.2 Å². The summed E-state index contributed by atoms with van der Waals surface area (Å²) in [6.45, 7) is 5.02. The number of aromatic nitrogens is 1. The summed E-state index contributed by atoms with van der Waals surface area (Å²) in [6, 6.07) is 9.06. The summed E-state index contributed by atoms with van der Waals surface area (Å²) >= 11 is 1.46. The van der Waals surface area contributed by atoms with E-state index in [2.05, 4.69) is 15.6 Å². The van der Waals surface area contributed by atoms with Crippen LogP contribution in [0.3, 0.4) is 0 Å². The highest BCUT2D eigenvalue weighted by molar-refractivity contribution is 7.09. The fraction of sp³-hybridized carbons (Fsp3) is 0.421. The Hall–Kier alpha value is -1.96. The van der Waals surface area contributed by atoms with Crippen LogP contribution in [0.15, 0.2) is 35.7 Å². The molecule has 6 nitrogen and oxygen atoms in total. The molecule has 1 aromatic carbocycles. The minimum Gasteiger partial charge on any atom is -0.350 e. The molecule has 8 heteroatoms. The number of hydrogen-bond acceptors (Lipinski definition) is 5. The van der Waals surface area contributed by atoms with E-state index in [0.29, 0.717) is 38.0 Å². The average Bonchev–Trinajstić information content (AvgIpc) is 3.15. The molecular formula is C19H27ClN4O2S. The van der Waals surface area contributed by atoms with Gasteiger partial charge >= 0.3 is 0 Å². The molecule has 1 heterocycles. The first-order chi connectivity index (χ1) is 12.5. The lowest BCUT2D eigenvalue weighted by Crippen LogP contribution is -2.45. The van der Waals surface area contributed by atoms with Gasteiger partial charge in [-0.25, -0.2) is 4.98 Å². The maximum absolute atomic E-state index is 12.4. The number of halogens is 1. The maximum atomic E-state index is 12.4. The standard InChI is InChI=1S/C19H26N4O2S.ClH/c1-3-19(4-2,13-20)18(25)22-10-15-12-26-16(23-15)11-21-17(24)14-8-6-5-7-9-14;/h5-9,12H,3-4,10-11,13,20H2,1-2H3,(H,21,24)(H,22,25);1H. The third kappa shape index (κ3) is 6.02. The quantitative estimate of drug-likeness (QED) is 0.592. The van der Waals surface area contributed by atoms with Gasteiger partial charge in [0.2, 0.25) is 5.91 Å². The van der Waals surface area contributed by atoms with Crippen molar-refractivity contribution < 1.29 is 9.59 Å². The van der Waals surface area contributed by atoms with Crippen LogP contribution in [-0.2, 0) is 17.9 Å². The number of benzene rings is 1. The first kappa shape index (κ1) is 23.1. The predicted octanol–water partition coefficient (Wildman–Crippen LogP) is 2.88. The zero-order valence-corrected chi connectivity index (χ0v) is 17.3. The van der Waals surface area contributed by atoms with Crippen molar-refractivity contribution in [2.75, 3.05) is 6.54 Å². The van der Waals surface area contributed by atoms with E-state index in [9.17, 15) is 9.59 Å². The van der Waals surface area contributed by atoms with Crippen LogP contribution >= 0.6 is 23.7 Å². The molecule has 0 saturated heterocycles. The third-order valence-electron chi connectivity index (χ3n) is 4.69. The summed E-state index contributed by atoms with van der Waals surface area (Å²) in [5.74, 6) is -0.161. The second-order valence-electron chi connectivity index (χ2n) is 6.16. The van der Waals surface area contributed by atoms with E-state index >= 15 is 0 Å². The second kappa shape index (κ2) is 11.0. The Kier molecular flexibility index (Phi) is 9.41. The SMILES string of the molecule is CCC(CC)(CN)C(=O)NCc1csc(CNC(=O)c2ccccc2)n1.Cl. The summed E-state index contributed by atoms with van der Waals surface area (Å²) in [4.78, 5) is 28.9. The largest absolute Gasteiger partial charge is 0.350 e. The van der Waals surface area contributed by atoms with Crippen molar-refractivity contribution in [3.05, 3.63) is 52.0 Å². The molecule has 27 heavy (non-hydrogen) atoms. The first-order valence-electron chi connectivity index (χ1n) is 8.79. The van der Waals surface area contributed by atoms with Gasteiger partial charge < -0.3 is 16.4 Å². The molecule has 0 unspecified atom stereocenters. The zero-order valence-electron chi connectivity index (χ0n) is 15.7. The Morgan fingerprint density at radius 2 is 1.78 bits per heavy atom. The first-order valence-corrected chi connectivity index (χ1v) is 9.67. The summed E-state index contributed by atoms with van der Waals surface area (Å²) in [6.07, 6.45) is 1.42. The van der Waals surface area contributed by atoms with Crippen molar-refractivity contribution in [2.24, 2.45) is 11.1 Å². The molecule has 0 saturated carbocycles. The van der Waals surface area contributed by atoms with E-state index in [0.717, 1.165) is 10.7 Å². The average molecular weight is 411 g/mol. The summed E-state index contributed by atoms with van der Waals surface area (Å²) < 4.78 is 0. The Morgan fingerprint density at radius 3 is 2.37 bits per heavy atom. The van der Waals surface area contributed by atoms with Crippen molar-refractivity contribution in [3.8, 4) is 0 Å². The van der Waals surface area contributed by atoms with Gasteiger partial charge in [-0.05, 0) is 25.0 Å². The molecule has 1 aromatic heterocycles. The van der Waals surface area contributed by atoms with Crippen LogP contribution in [0.2, 0.25) is 0 Å². The number of hydrogen-bond donors (Lipinski definition) is 3. The fourth-order valence-corrected chi connectivity index (χ4v) is 3.40. The molecule has 0 radical (unpaired) electrons. The van der Waals surface area contributed by atoms with Gasteiger partial charge in [0.15, 0.2) is 0 Å². The van der Waals surface area contributed by atoms with Gasteiger partial charge in [0.05, 0.1) is 24.2 Å². The van der Waals surface area contributed by atoms with Crippen LogP contribution < -0.4 is 16.4 Å². The molecule has 2 aromatic rings. The van der Waals surface area contributed by atoms with E-state index in [1.807, 2.05) is 37.4 Å². The van der Waals surface area contributed by atoms with Crippen LogP contribution in [0, 0.1) is 5.41 Å². The molecule has 2 rings (SSSR count). The smallest absolute Gasteiger partial charge is 0.251 e. The summed E-state index contributed by atoms with van der Waals surface area (Å²) in [5, 5.41) is 8.48. The minimum absolute atomic E-state index is 0. The minimum atomic E-state index is -0.511. The van der Waals surface area contributed by atoms with Crippen molar-refractivity contribution in [1.82, 2.24) is 15.6 Å². The molecule has 0 fully saturated rings. The maximum Gasteiger partial charge on any atom is 0.251 e. The molecule has 0 bridgehead atoms. The second-order valence-corrected chi connectivity index (χ2v) is 7.10. The Labute approximate surface area is 170 Å². The van der Waals surface area contributed by atoms with Gasteiger partial charge in [-0.3, -0.25) is 9.59 Å². The van der Waals surface area contributed by atoms with E-state index in [1.165, 1.54) is 11.3 Å². The van der Waals surface area contributed by atoms with Crippen molar-refractivity contribution in [2.45, 2.75) is 39.8 Å². The number of nitrogens with two attached hydrogens (primary N) is 1. The number of carbonyl (C=O) groups is 2. The lowest BCUT2D eigenvalue weighted by atomic mass is 9.81. The van der Waals surface area contributed by atoms with E-state index in [1.54, 1.807) is 12.1 Å². The molecular weight excluding hydrogens is 384 g/mol. The highest BCUT2D eigenvalue weighted by atomic mass is 35.5. The molecule has 2 amide bonds. The molecule has 0 aliphatic carbocycles. The molecule has 0 atom stereocenters. The highest BCUT2D eigenvalue weighted by Crippen LogP contribution is 2.25. The number of thiazole rings is 1. The molecule has 0 spiro atoms. The Bertz CT molecular complexity index is 724. The topological polar surface area (TPSA) is 97.1 Å². The van der Waals surface area contributed by atoms with Crippen LogP contribution in [-0.4, -0.2) is 23.3 Å². The number of amides is 2. The van der Waals surface area contributed by atoms with Crippen molar-refractivity contribution in [1.29, 1.82) is 0 Å². The van der Waals surface area contributed by atoms with Gasteiger partial charge in [-0.2, -0.15) is 0 Å².